The zero-order valence-corrected chi connectivity index (χ0v) is 21.2. The molecule has 2 aromatic rings. The molecular weight excluding hydrogens is 527 g/mol. The van der Waals surface area contributed by atoms with E-state index in [4.69, 9.17) is 4.74 Å². The second kappa shape index (κ2) is 8.68. The van der Waals surface area contributed by atoms with Gasteiger partial charge < -0.3 is 4.74 Å². The lowest BCUT2D eigenvalue weighted by Gasteiger charge is -2.55. The Labute approximate surface area is 206 Å². The molecule has 1 aliphatic carbocycles. The largest absolute Gasteiger partial charge is 0.490 e. The fourth-order valence-electron chi connectivity index (χ4n) is 5.74. The van der Waals surface area contributed by atoms with Gasteiger partial charge in [0.05, 0.1) is 28.4 Å². The number of halogens is 5. The van der Waals surface area contributed by atoms with Gasteiger partial charge in [0, 0.05) is 12.2 Å². The van der Waals surface area contributed by atoms with E-state index < -0.39 is 75.3 Å². The van der Waals surface area contributed by atoms with Gasteiger partial charge in [0.25, 0.3) is 0 Å². The average molecular weight is 553 g/mol. The molecular formula is C24H25F5O5S2. The minimum absolute atomic E-state index is 0.0520. The van der Waals surface area contributed by atoms with Crippen LogP contribution in [0.4, 0.5) is 22.0 Å². The molecule has 1 heterocycles. The lowest BCUT2D eigenvalue weighted by atomic mass is 9.58. The average Bonchev–Trinajstić information content (AvgIpc) is 2.79. The zero-order chi connectivity index (χ0) is 26.7. The van der Waals surface area contributed by atoms with Crippen LogP contribution in [0.3, 0.4) is 0 Å². The van der Waals surface area contributed by atoms with Gasteiger partial charge in [-0.3, -0.25) is 0 Å². The van der Waals surface area contributed by atoms with E-state index in [1.807, 2.05) is 0 Å². The lowest BCUT2D eigenvalue weighted by molar-refractivity contribution is -0.137. The maximum atomic E-state index is 15.4. The highest BCUT2D eigenvalue weighted by molar-refractivity contribution is 7.92. The molecule has 198 valence electrons. The minimum Gasteiger partial charge on any atom is -0.490 e. The van der Waals surface area contributed by atoms with Crippen LogP contribution in [0.25, 0.3) is 0 Å². The standard InChI is InChI=1S/C24H25F5O5S2/c1-22(12-13-35(2,30)31)10-3-11-23(19(22)14-34-21-18(26)9-8-17(25)20(21)23)36(32,33)16-6-4-15(5-7-16)24(27,28)29/h4-9,19H,3,10-14H2,1-2H3/t19-,22-,23-/m0/s1. The number of ether oxygens (including phenoxy) is 1. The van der Waals surface area contributed by atoms with Crippen molar-refractivity contribution in [2.45, 2.75) is 48.4 Å². The van der Waals surface area contributed by atoms with Crippen molar-refractivity contribution in [3.8, 4) is 5.75 Å². The van der Waals surface area contributed by atoms with E-state index >= 15 is 4.39 Å². The molecule has 2 aromatic carbocycles. The molecule has 4 rings (SSSR count). The molecule has 0 radical (unpaired) electrons. The van der Waals surface area contributed by atoms with Crippen LogP contribution >= 0.6 is 0 Å². The van der Waals surface area contributed by atoms with Gasteiger partial charge in [0.15, 0.2) is 21.4 Å². The van der Waals surface area contributed by atoms with Gasteiger partial charge in [0.2, 0.25) is 0 Å². The highest BCUT2D eigenvalue weighted by Crippen LogP contribution is 2.62. The van der Waals surface area contributed by atoms with Gasteiger partial charge in [-0.1, -0.05) is 13.3 Å². The monoisotopic (exact) mass is 552 g/mol. The van der Waals surface area contributed by atoms with Crippen LogP contribution in [0.5, 0.6) is 5.75 Å². The molecule has 1 fully saturated rings. The van der Waals surface area contributed by atoms with Crippen molar-refractivity contribution in [2.24, 2.45) is 11.3 Å². The highest BCUT2D eigenvalue weighted by Gasteiger charge is 2.63. The van der Waals surface area contributed by atoms with Crippen molar-refractivity contribution in [1.82, 2.24) is 0 Å². The number of benzene rings is 2. The molecule has 12 heteroatoms. The third kappa shape index (κ3) is 4.29. The quantitative estimate of drug-likeness (QED) is 0.472. The van der Waals surface area contributed by atoms with Gasteiger partial charge in [-0.25, -0.2) is 25.6 Å². The Balaban J connectivity index is 1.97. The Morgan fingerprint density at radius 1 is 0.972 bits per heavy atom. The molecule has 0 amide bonds. The topological polar surface area (TPSA) is 77.5 Å². The summed E-state index contributed by atoms with van der Waals surface area (Å²) in [5.41, 5.74) is -2.51. The van der Waals surface area contributed by atoms with Crippen LogP contribution in [0.1, 0.15) is 43.7 Å². The summed E-state index contributed by atoms with van der Waals surface area (Å²) in [4.78, 5) is -0.468. The summed E-state index contributed by atoms with van der Waals surface area (Å²) in [7, 11) is -8.06. The molecule has 1 aliphatic heterocycles. The molecule has 36 heavy (non-hydrogen) atoms. The van der Waals surface area contributed by atoms with E-state index in [-0.39, 0.29) is 31.6 Å². The van der Waals surface area contributed by atoms with Crippen molar-refractivity contribution < 1.29 is 43.5 Å². The van der Waals surface area contributed by atoms with E-state index in [9.17, 15) is 34.4 Å². The second-order valence-corrected chi connectivity index (χ2v) is 14.4. The first-order chi connectivity index (χ1) is 16.5. The van der Waals surface area contributed by atoms with Gasteiger partial charge in [-0.05, 0) is 61.1 Å². The van der Waals surface area contributed by atoms with Gasteiger partial charge in [-0.15, -0.1) is 0 Å². The third-order valence-corrected chi connectivity index (χ3v) is 11.1. The van der Waals surface area contributed by atoms with E-state index in [0.717, 1.165) is 30.5 Å². The van der Waals surface area contributed by atoms with Crippen molar-refractivity contribution in [3.63, 3.8) is 0 Å². The molecule has 0 unspecified atom stereocenters. The van der Waals surface area contributed by atoms with Crippen molar-refractivity contribution >= 4 is 19.7 Å². The fourth-order valence-corrected chi connectivity index (χ4v) is 9.09. The number of sulfone groups is 2. The Hall–Kier alpha value is -2.21. The Morgan fingerprint density at radius 3 is 2.17 bits per heavy atom. The summed E-state index contributed by atoms with van der Waals surface area (Å²) >= 11 is 0. The summed E-state index contributed by atoms with van der Waals surface area (Å²) in [5.74, 6) is -3.77. The second-order valence-electron chi connectivity index (χ2n) is 9.90. The van der Waals surface area contributed by atoms with Crippen LogP contribution < -0.4 is 4.74 Å². The van der Waals surface area contributed by atoms with E-state index in [1.54, 1.807) is 6.92 Å². The number of alkyl halides is 3. The molecule has 1 saturated carbocycles. The highest BCUT2D eigenvalue weighted by atomic mass is 32.2. The molecule has 2 aliphatic rings. The molecule has 0 spiro atoms. The first-order valence-corrected chi connectivity index (χ1v) is 14.8. The fraction of sp³-hybridized carbons (Fsp3) is 0.500. The Morgan fingerprint density at radius 2 is 1.58 bits per heavy atom. The van der Waals surface area contributed by atoms with Gasteiger partial charge >= 0.3 is 6.18 Å². The predicted molar refractivity (Wildman–Crippen MR) is 122 cm³/mol. The Kier molecular flexibility index (Phi) is 6.47. The zero-order valence-electron chi connectivity index (χ0n) is 19.5. The summed E-state index contributed by atoms with van der Waals surface area (Å²) in [6.07, 6.45) is -3.08. The number of hydrogen-bond acceptors (Lipinski definition) is 5. The SMILES string of the molecule is C[C@@]1(CCS(C)(=O)=O)CCC[C@@]2(S(=O)(=O)c3ccc(C(F)(F)F)cc3)c3c(F)ccc(F)c3OC[C@@H]12. The summed E-state index contributed by atoms with van der Waals surface area (Å²) < 4.78 is 125. The normalized spacial score (nSPS) is 26.6. The van der Waals surface area contributed by atoms with Crippen LogP contribution in [0.2, 0.25) is 0 Å². The molecule has 5 nitrogen and oxygen atoms in total. The molecule has 0 saturated heterocycles. The van der Waals surface area contributed by atoms with Crippen molar-refractivity contribution in [1.29, 1.82) is 0 Å². The first-order valence-electron chi connectivity index (χ1n) is 11.2. The van der Waals surface area contributed by atoms with Gasteiger partial charge in [-0.2, -0.15) is 13.2 Å². The van der Waals surface area contributed by atoms with E-state index in [0.29, 0.717) is 18.6 Å². The minimum atomic E-state index is -4.70. The molecule has 0 N–H and O–H groups in total. The maximum Gasteiger partial charge on any atom is 0.416 e. The summed E-state index contributed by atoms with van der Waals surface area (Å²) in [6.45, 7) is 1.37. The molecule has 0 bridgehead atoms. The van der Waals surface area contributed by atoms with Crippen LogP contribution in [0.15, 0.2) is 41.3 Å². The summed E-state index contributed by atoms with van der Waals surface area (Å²) in [6, 6.07) is 4.52. The molecule has 3 atom stereocenters. The maximum absolute atomic E-state index is 15.4. The van der Waals surface area contributed by atoms with Crippen molar-refractivity contribution in [2.75, 3.05) is 18.6 Å². The number of rotatable bonds is 5. The van der Waals surface area contributed by atoms with Gasteiger partial charge in [0.1, 0.15) is 20.4 Å². The number of hydrogen-bond donors (Lipinski definition) is 0. The number of fused-ring (bicyclic) bond motifs is 3. The first kappa shape index (κ1) is 26.8. The Bertz CT molecular complexity index is 1390. The van der Waals surface area contributed by atoms with Crippen LogP contribution in [0, 0.1) is 23.0 Å². The summed E-state index contributed by atoms with van der Waals surface area (Å²) in [5, 5.41) is 0. The van der Waals surface area contributed by atoms with Crippen LogP contribution in [-0.4, -0.2) is 35.5 Å². The van der Waals surface area contributed by atoms with Crippen LogP contribution in [-0.2, 0) is 30.6 Å². The van der Waals surface area contributed by atoms with E-state index in [1.165, 1.54) is 0 Å². The van der Waals surface area contributed by atoms with Crippen molar-refractivity contribution in [3.05, 3.63) is 59.2 Å². The van der Waals surface area contributed by atoms with E-state index in [2.05, 4.69) is 0 Å². The lowest BCUT2D eigenvalue weighted by Crippen LogP contribution is -2.57. The predicted octanol–water partition coefficient (Wildman–Crippen LogP) is 5.29. The smallest absolute Gasteiger partial charge is 0.416 e. The molecule has 0 aromatic heterocycles. The third-order valence-electron chi connectivity index (χ3n) is 7.59.